The predicted octanol–water partition coefficient (Wildman–Crippen LogP) is 4.71. The minimum absolute atomic E-state index is 0.0218. The summed E-state index contributed by atoms with van der Waals surface area (Å²) in [6.07, 6.45) is 2.32. The second-order valence-corrected chi connectivity index (χ2v) is 6.89. The molecule has 1 amide bonds. The molecular weight excluding hydrogens is 322 g/mol. The number of fused-ring (bicyclic) bond motifs is 2. The average molecular weight is 341 g/mol. The Morgan fingerprint density at radius 2 is 1.77 bits per heavy atom. The van der Waals surface area contributed by atoms with E-state index in [1.54, 1.807) is 0 Å². The fraction of sp³-hybridized carbons (Fsp3) is 0.182. The molecule has 0 bridgehead atoms. The van der Waals surface area contributed by atoms with Gasteiger partial charge in [-0.15, -0.1) is 0 Å². The molecule has 26 heavy (non-hydrogen) atoms. The molecule has 128 valence electrons. The Labute approximate surface area is 151 Å². The van der Waals surface area contributed by atoms with Crippen LogP contribution in [0.25, 0.3) is 21.8 Å². The minimum atomic E-state index is -0.0218. The largest absolute Gasteiger partial charge is 0.324 e. The smallest absolute Gasteiger partial charge is 0.244 e. The first-order chi connectivity index (χ1) is 12.8. The number of benzene rings is 3. The number of hydrogen-bond donors (Lipinski definition) is 1. The number of hydrogen-bond acceptors (Lipinski definition) is 2. The molecule has 5 rings (SSSR count). The molecule has 4 nitrogen and oxygen atoms in total. The van der Waals surface area contributed by atoms with Gasteiger partial charge in [0.2, 0.25) is 5.91 Å². The van der Waals surface area contributed by atoms with Crippen LogP contribution in [-0.4, -0.2) is 15.5 Å². The van der Waals surface area contributed by atoms with Crippen molar-refractivity contribution in [3.63, 3.8) is 0 Å². The van der Waals surface area contributed by atoms with Crippen LogP contribution in [0.15, 0.2) is 66.7 Å². The zero-order chi connectivity index (χ0) is 17.5. The van der Waals surface area contributed by atoms with Crippen molar-refractivity contribution >= 4 is 33.4 Å². The molecule has 1 aliphatic rings. The quantitative estimate of drug-likeness (QED) is 0.584. The van der Waals surface area contributed by atoms with Gasteiger partial charge in [-0.05, 0) is 36.4 Å². The molecule has 1 saturated carbocycles. The van der Waals surface area contributed by atoms with E-state index < -0.39 is 0 Å². The van der Waals surface area contributed by atoms with Gasteiger partial charge in [0.1, 0.15) is 12.4 Å². The maximum absolute atomic E-state index is 12.8. The van der Waals surface area contributed by atoms with Crippen LogP contribution in [0, 0.1) is 0 Å². The van der Waals surface area contributed by atoms with Crippen molar-refractivity contribution in [2.75, 3.05) is 5.32 Å². The van der Waals surface area contributed by atoms with Crippen LogP contribution in [0.2, 0.25) is 0 Å². The summed E-state index contributed by atoms with van der Waals surface area (Å²) in [5.41, 5.74) is 2.85. The summed E-state index contributed by atoms with van der Waals surface area (Å²) in [4.78, 5) is 17.6. The number of amides is 1. The van der Waals surface area contributed by atoms with Crippen LogP contribution < -0.4 is 5.32 Å². The van der Waals surface area contributed by atoms with E-state index in [9.17, 15) is 4.79 Å². The third kappa shape index (κ3) is 2.64. The highest BCUT2D eigenvalue weighted by Crippen LogP contribution is 2.40. The molecule has 0 radical (unpaired) electrons. The van der Waals surface area contributed by atoms with Gasteiger partial charge in [-0.25, -0.2) is 4.98 Å². The Morgan fingerprint density at radius 3 is 2.65 bits per heavy atom. The van der Waals surface area contributed by atoms with E-state index in [-0.39, 0.29) is 12.5 Å². The summed E-state index contributed by atoms with van der Waals surface area (Å²) in [6.45, 7) is 0.287. The first kappa shape index (κ1) is 15.1. The number of carbonyl (C=O) groups excluding carboxylic acids is 1. The summed E-state index contributed by atoms with van der Waals surface area (Å²) in [6, 6.07) is 22.1. The molecule has 0 aliphatic heterocycles. The molecule has 0 atom stereocenters. The van der Waals surface area contributed by atoms with Crippen LogP contribution in [0.5, 0.6) is 0 Å². The lowest BCUT2D eigenvalue weighted by Gasteiger charge is -2.11. The fourth-order valence-corrected chi connectivity index (χ4v) is 3.58. The summed E-state index contributed by atoms with van der Waals surface area (Å²) < 4.78 is 2.08. The fourth-order valence-electron chi connectivity index (χ4n) is 3.58. The van der Waals surface area contributed by atoms with Crippen LogP contribution in [0.4, 0.5) is 5.69 Å². The molecule has 4 aromatic rings. The van der Waals surface area contributed by atoms with E-state index >= 15 is 0 Å². The molecule has 0 unspecified atom stereocenters. The Morgan fingerprint density at radius 1 is 1.00 bits per heavy atom. The van der Waals surface area contributed by atoms with Gasteiger partial charge in [0.15, 0.2) is 0 Å². The van der Waals surface area contributed by atoms with Gasteiger partial charge in [0.25, 0.3) is 0 Å². The number of carbonyl (C=O) groups is 1. The molecule has 0 saturated heterocycles. The SMILES string of the molecule is O=C(Cn1c(C2CC2)nc2ccccc21)Nc1cccc2ccccc12. The number of anilines is 1. The number of imidazole rings is 1. The highest BCUT2D eigenvalue weighted by Gasteiger charge is 2.30. The normalized spacial score (nSPS) is 14.0. The van der Waals surface area contributed by atoms with Crippen molar-refractivity contribution in [1.29, 1.82) is 0 Å². The monoisotopic (exact) mass is 341 g/mol. The second-order valence-electron chi connectivity index (χ2n) is 6.89. The van der Waals surface area contributed by atoms with Crippen LogP contribution >= 0.6 is 0 Å². The highest BCUT2D eigenvalue weighted by molar-refractivity contribution is 6.02. The third-order valence-corrected chi connectivity index (χ3v) is 4.99. The van der Waals surface area contributed by atoms with E-state index in [2.05, 4.69) is 22.0 Å². The molecular formula is C22H19N3O. The second kappa shape index (κ2) is 5.99. The van der Waals surface area contributed by atoms with Crippen molar-refractivity contribution in [2.45, 2.75) is 25.3 Å². The molecule has 3 aromatic carbocycles. The first-order valence-electron chi connectivity index (χ1n) is 9.02. The first-order valence-corrected chi connectivity index (χ1v) is 9.02. The van der Waals surface area contributed by atoms with E-state index in [4.69, 9.17) is 4.98 Å². The molecule has 1 aliphatic carbocycles. The predicted molar refractivity (Wildman–Crippen MR) is 104 cm³/mol. The summed E-state index contributed by atoms with van der Waals surface area (Å²) in [7, 11) is 0. The molecule has 1 N–H and O–H groups in total. The van der Waals surface area contributed by atoms with Gasteiger partial charge in [-0.2, -0.15) is 0 Å². The van der Waals surface area contributed by atoms with Gasteiger partial charge >= 0.3 is 0 Å². The topological polar surface area (TPSA) is 46.9 Å². The highest BCUT2D eigenvalue weighted by atomic mass is 16.1. The van der Waals surface area contributed by atoms with Gasteiger partial charge < -0.3 is 9.88 Å². The zero-order valence-corrected chi connectivity index (χ0v) is 14.4. The van der Waals surface area contributed by atoms with Crippen LogP contribution in [0.1, 0.15) is 24.6 Å². The number of rotatable bonds is 4. The number of nitrogens with one attached hydrogen (secondary N) is 1. The van der Waals surface area contributed by atoms with E-state index in [1.165, 1.54) is 0 Å². The maximum atomic E-state index is 12.8. The van der Waals surface area contributed by atoms with Gasteiger partial charge in [-0.3, -0.25) is 4.79 Å². The third-order valence-electron chi connectivity index (χ3n) is 4.99. The molecule has 0 spiro atoms. The van der Waals surface area contributed by atoms with Crippen molar-refractivity contribution in [3.8, 4) is 0 Å². The van der Waals surface area contributed by atoms with Gasteiger partial charge in [0, 0.05) is 17.0 Å². The Hall–Kier alpha value is -3.14. The lowest BCUT2D eigenvalue weighted by atomic mass is 10.1. The van der Waals surface area contributed by atoms with E-state index in [0.29, 0.717) is 5.92 Å². The minimum Gasteiger partial charge on any atom is -0.324 e. The molecule has 1 heterocycles. The lowest BCUT2D eigenvalue weighted by Crippen LogP contribution is -2.20. The van der Waals surface area contributed by atoms with Gasteiger partial charge in [-0.1, -0.05) is 48.5 Å². The summed E-state index contributed by atoms with van der Waals surface area (Å²) in [5.74, 6) is 1.51. The number of nitrogens with zero attached hydrogens (tertiary/aromatic N) is 2. The summed E-state index contributed by atoms with van der Waals surface area (Å²) >= 11 is 0. The van der Waals surface area contributed by atoms with Crippen LogP contribution in [0.3, 0.4) is 0 Å². The molecule has 1 aromatic heterocycles. The Balaban J connectivity index is 1.47. The van der Waals surface area contributed by atoms with Crippen LogP contribution in [-0.2, 0) is 11.3 Å². The lowest BCUT2D eigenvalue weighted by molar-refractivity contribution is -0.116. The van der Waals surface area contributed by atoms with Crippen molar-refractivity contribution in [1.82, 2.24) is 9.55 Å². The Bertz CT molecular complexity index is 1120. The molecule has 1 fully saturated rings. The number of aromatic nitrogens is 2. The van der Waals surface area contributed by atoms with E-state index in [0.717, 1.165) is 46.2 Å². The van der Waals surface area contributed by atoms with Crippen molar-refractivity contribution < 1.29 is 4.79 Å². The molecule has 4 heteroatoms. The Kier molecular flexibility index (Phi) is 3.49. The zero-order valence-electron chi connectivity index (χ0n) is 14.4. The van der Waals surface area contributed by atoms with Gasteiger partial charge in [0.05, 0.1) is 11.0 Å². The van der Waals surface area contributed by atoms with Crippen molar-refractivity contribution in [3.05, 3.63) is 72.6 Å². The van der Waals surface area contributed by atoms with Crippen molar-refractivity contribution in [2.24, 2.45) is 0 Å². The standard InChI is InChI=1S/C22H19N3O/c26-21(23-18-10-5-7-15-6-1-2-8-17(15)18)14-25-20-11-4-3-9-19(20)24-22(25)16-12-13-16/h1-11,16H,12-14H2,(H,23,26). The maximum Gasteiger partial charge on any atom is 0.244 e. The van der Waals surface area contributed by atoms with E-state index in [1.807, 2.05) is 54.6 Å². The number of para-hydroxylation sites is 2. The average Bonchev–Trinajstić information content (AvgIpc) is 3.45. The summed E-state index contributed by atoms with van der Waals surface area (Å²) in [5, 5.41) is 5.27.